The van der Waals surface area contributed by atoms with Gasteiger partial charge in [-0.3, -0.25) is 4.90 Å². The van der Waals surface area contributed by atoms with Gasteiger partial charge in [0, 0.05) is 50.2 Å². The zero-order valence-electron chi connectivity index (χ0n) is 17.2. The number of piperazine rings is 1. The second kappa shape index (κ2) is 8.38. The molecule has 6 heteroatoms. The number of benzene rings is 1. The first kappa shape index (κ1) is 19.0. The summed E-state index contributed by atoms with van der Waals surface area (Å²) in [6, 6.07) is 10.6. The van der Waals surface area contributed by atoms with Crippen LogP contribution in [0, 0.1) is 6.92 Å². The second-order valence-electron chi connectivity index (χ2n) is 8.17. The lowest BCUT2D eigenvalue weighted by Gasteiger charge is -2.36. The molecule has 0 N–H and O–H groups in total. The molecule has 0 radical (unpaired) electrons. The van der Waals surface area contributed by atoms with E-state index in [0.717, 1.165) is 42.7 Å². The molecule has 0 amide bonds. The third-order valence-electron chi connectivity index (χ3n) is 6.21. The van der Waals surface area contributed by atoms with Gasteiger partial charge in [-0.1, -0.05) is 30.3 Å². The third kappa shape index (κ3) is 4.02. The fourth-order valence-electron chi connectivity index (χ4n) is 4.56. The van der Waals surface area contributed by atoms with Crippen LogP contribution in [0.15, 0.2) is 35.7 Å². The van der Waals surface area contributed by atoms with Crippen molar-refractivity contribution < 1.29 is 0 Å². The molecule has 0 bridgehead atoms. The average Bonchev–Trinajstić information content (AvgIpc) is 3.42. The standard InChI is InChI=1S/C23H29N5S/c1-18-24-22(21-20(17-29-23(21)25-18)19-7-3-2-4-8-19)28-15-13-27(14-16-28)12-11-26-9-5-6-10-26/h2-4,7-8,17H,5-6,9-16H2,1H3. The highest BCUT2D eigenvalue weighted by molar-refractivity contribution is 7.17. The van der Waals surface area contributed by atoms with Gasteiger partial charge < -0.3 is 9.80 Å². The predicted molar refractivity (Wildman–Crippen MR) is 122 cm³/mol. The van der Waals surface area contributed by atoms with E-state index in [4.69, 9.17) is 9.97 Å². The van der Waals surface area contributed by atoms with Gasteiger partial charge in [-0.05, 0) is 38.4 Å². The van der Waals surface area contributed by atoms with Gasteiger partial charge >= 0.3 is 0 Å². The van der Waals surface area contributed by atoms with Crippen LogP contribution in [0.4, 0.5) is 5.82 Å². The molecule has 29 heavy (non-hydrogen) atoms. The van der Waals surface area contributed by atoms with Gasteiger partial charge in [0.05, 0.1) is 5.39 Å². The van der Waals surface area contributed by atoms with Crippen molar-refractivity contribution in [3.05, 3.63) is 41.5 Å². The van der Waals surface area contributed by atoms with Gasteiger partial charge in [0.25, 0.3) is 0 Å². The number of rotatable bonds is 5. The number of nitrogens with zero attached hydrogens (tertiary/aromatic N) is 5. The smallest absolute Gasteiger partial charge is 0.141 e. The number of likely N-dealkylation sites (tertiary alicyclic amines) is 1. The molecule has 2 fully saturated rings. The van der Waals surface area contributed by atoms with Crippen LogP contribution in [0.25, 0.3) is 21.3 Å². The Hall–Kier alpha value is -2.02. The number of aromatic nitrogens is 2. The van der Waals surface area contributed by atoms with Crippen LogP contribution in [0.3, 0.4) is 0 Å². The van der Waals surface area contributed by atoms with E-state index >= 15 is 0 Å². The molecule has 152 valence electrons. The Morgan fingerprint density at radius 1 is 0.862 bits per heavy atom. The summed E-state index contributed by atoms with van der Waals surface area (Å²) in [4.78, 5) is 18.4. The number of hydrogen-bond donors (Lipinski definition) is 0. The molecule has 4 heterocycles. The Morgan fingerprint density at radius 2 is 1.55 bits per heavy atom. The van der Waals surface area contributed by atoms with E-state index in [2.05, 4.69) is 50.4 Å². The minimum absolute atomic E-state index is 0.866. The van der Waals surface area contributed by atoms with Crippen molar-refractivity contribution in [1.29, 1.82) is 0 Å². The number of anilines is 1. The van der Waals surface area contributed by atoms with Gasteiger partial charge in [0.2, 0.25) is 0 Å². The number of fused-ring (bicyclic) bond motifs is 1. The predicted octanol–water partition coefficient (Wildman–Crippen LogP) is 3.88. The molecular formula is C23H29N5S. The summed E-state index contributed by atoms with van der Waals surface area (Å²) in [5, 5.41) is 3.46. The highest BCUT2D eigenvalue weighted by Crippen LogP contribution is 2.38. The van der Waals surface area contributed by atoms with Crippen molar-refractivity contribution in [3.63, 3.8) is 0 Å². The summed E-state index contributed by atoms with van der Waals surface area (Å²) >= 11 is 1.73. The molecule has 0 saturated carbocycles. The van der Waals surface area contributed by atoms with Crippen molar-refractivity contribution in [2.45, 2.75) is 19.8 Å². The molecule has 0 aliphatic carbocycles. The fourth-order valence-corrected chi connectivity index (χ4v) is 5.55. The lowest BCUT2D eigenvalue weighted by atomic mass is 10.1. The van der Waals surface area contributed by atoms with E-state index in [1.165, 1.54) is 55.5 Å². The molecule has 2 aliphatic heterocycles. The minimum atomic E-state index is 0.866. The Kier molecular flexibility index (Phi) is 5.48. The Morgan fingerprint density at radius 3 is 2.28 bits per heavy atom. The van der Waals surface area contributed by atoms with Crippen molar-refractivity contribution >= 4 is 27.4 Å². The van der Waals surface area contributed by atoms with Crippen LogP contribution in [-0.2, 0) is 0 Å². The summed E-state index contributed by atoms with van der Waals surface area (Å²) < 4.78 is 0. The van der Waals surface area contributed by atoms with Gasteiger partial charge in [-0.2, -0.15) is 0 Å². The molecule has 0 spiro atoms. The highest BCUT2D eigenvalue weighted by atomic mass is 32.1. The zero-order chi connectivity index (χ0) is 19.6. The lowest BCUT2D eigenvalue weighted by Crippen LogP contribution is -2.48. The summed E-state index contributed by atoms with van der Waals surface area (Å²) in [5.41, 5.74) is 2.51. The fraction of sp³-hybridized carbons (Fsp3) is 0.478. The van der Waals surface area contributed by atoms with Gasteiger partial charge in [0.15, 0.2) is 0 Å². The van der Waals surface area contributed by atoms with E-state index in [1.54, 1.807) is 11.3 Å². The van der Waals surface area contributed by atoms with E-state index in [9.17, 15) is 0 Å². The molecule has 2 aliphatic rings. The van der Waals surface area contributed by atoms with Crippen LogP contribution in [0.5, 0.6) is 0 Å². The normalized spacial score (nSPS) is 18.7. The molecular weight excluding hydrogens is 378 g/mol. The summed E-state index contributed by atoms with van der Waals surface area (Å²) in [7, 11) is 0. The van der Waals surface area contributed by atoms with Gasteiger partial charge in [-0.25, -0.2) is 9.97 Å². The van der Waals surface area contributed by atoms with Crippen LogP contribution in [0.1, 0.15) is 18.7 Å². The summed E-state index contributed by atoms with van der Waals surface area (Å²) in [6.07, 6.45) is 2.75. The van der Waals surface area contributed by atoms with E-state index in [1.807, 2.05) is 6.92 Å². The van der Waals surface area contributed by atoms with E-state index in [0.29, 0.717) is 0 Å². The first-order valence-corrected chi connectivity index (χ1v) is 11.7. The lowest BCUT2D eigenvalue weighted by molar-refractivity contribution is 0.215. The van der Waals surface area contributed by atoms with Crippen molar-refractivity contribution in [1.82, 2.24) is 19.8 Å². The van der Waals surface area contributed by atoms with Crippen molar-refractivity contribution in [2.75, 3.05) is 57.3 Å². The van der Waals surface area contributed by atoms with Gasteiger partial charge in [0.1, 0.15) is 16.5 Å². The van der Waals surface area contributed by atoms with Crippen LogP contribution in [-0.4, -0.2) is 72.1 Å². The van der Waals surface area contributed by atoms with Crippen LogP contribution < -0.4 is 4.90 Å². The van der Waals surface area contributed by atoms with E-state index in [-0.39, 0.29) is 0 Å². The van der Waals surface area contributed by atoms with Crippen molar-refractivity contribution in [3.8, 4) is 11.1 Å². The topological polar surface area (TPSA) is 35.5 Å². The SMILES string of the molecule is Cc1nc(N2CCN(CCN3CCCC3)CC2)c2c(-c3ccccc3)csc2n1. The maximum absolute atomic E-state index is 4.91. The van der Waals surface area contributed by atoms with Crippen LogP contribution >= 0.6 is 11.3 Å². The molecule has 5 nitrogen and oxygen atoms in total. The van der Waals surface area contributed by atoms with E-state index < -0.39 is 0 Å². The molecule has 3 aromatic rings. The molecule has 0 unspecified atom stereocenters. The van der Waals surface area contributed by atoms with Crippen molar-refractivity contribution in [2.24, 2.45) is 0 Å². The highest BCUT2D eigenvalue weighted by Gasteiger charge is 2.23. The molecule has 5 rings (SSSR count). The quantitative estimate of drug-likeness (QED) is 0.641. The minimum Gasteiger partial charge on any atom is -0.353 e. The molecule has 1 aromatic carbocycles. The maximum Gasteiger partial charge on any atom is 0.141 e. The summed E-state index contributed by atoms with van der Waals surface area (Å²) in [6.45, 7) is 11.3. The summed E-state index contributed by atoms with van der Waals surface area (Å²) in [5.74, 6) is 1.98. The Labute approximate surface area is 177 Å². The van der Waals surface area contributed by atoms with Crippen LogP contribution in [0.2, 0.25) is 0 Å². The first-order chi connectivity index (χ1) is 14.3. The maximum atomic E-state index is 4.91. The Balaban J connectivity index is 1.35. The molecule has 2 aromatic heterocycles. The first-order valence-electron chi connectivity index (χ1n) is 10.8. The third-order valence-corrected chi connectivity index (χ3v) is 7.09. The average molecular weight is 408 g/mol. The van der Waals surface area contributed by atoms with Gasteiger partial charge in [-0.15, -0.1) is 11.3 Å². The number of thiophene rings is 1. The zero-order valence-corrected chi connectivity index (χ0v) is 18.0. The molecule has 2 saturated heterocycles. The number of hydrogen-bond acceptors (Lipinski definition) is 6. The Bertz CT molecular complexity index is 956. The second-order valence-corrected chi connectivity index (χ2v) is 9.03. The largest absolute Gasteiger partial charge is 0.353 e. The monoisotopic (exact) mass is 407 g/mol. The molecule has 0 atom stereocenters. The number of aryl methyl sites for hydroxylation is 1.